The number of nitrogens with one attached hydrogen (secondary N) is 1. The third-order valence-electron chi connectivity index (χ3n) is 3.18. The first-order valence-corrected chi connectivity index (χ1v) is 6.18. The van der Waals surface area contributed by atoms with Crippen molar-refractivity contribution in [1.29, 1.82) is 0 Å². The van der Waals surface area contributed by atoms with Gasteiger partial charge in [-0.15, -0.1) is 0 Å². The van der Waals surface area contributed by atoms with Crippen LogP contribution in [0.5, 0.6) is 0 Å². The van der Waals surface area contributed by atoms with E-state index in [1.807, 2.05) is 6.92 Å². The fourth-order valence-corrected chi connectivity index (χ4v) is 1.51. The van der Waals surface area contributed by atoms with E-state index in [-0.39, 0.29) is 17.9 Å². The second kappa shape index (κ2) is 8.53. The number of ether oxygens (including phenoxy) is 1. The van der Waals surface area contributed by atoms with E-state index in [0.29, 0.717) is 19.7 Å². The molecule has 0 aliphatic carbocycles. The fourth-order valence-electron chi connectivity index (χ4n) is 1.51. The van der Waals surface area contributed by atoms with Crippen LogP contribution in [0.3, 0.4) is 0 Å². The molecule has 0 aromatic rings. The molecule has 0 atom stereocenters. The Labute approximate surface area is 98.9 Å². The van der Waals surface area contributed by atoms with Gasteiger partial charge in [0.05, 0.1) is 0 Å². The Balaban J connectivity index is 3.87. The van der Waals surface area contributed by atoms with Crippen molar-refractivity contribution >= 4 is 5.91 Å². The zero-order chi connectivity index (χ0) is 12.4. The highest BCUT2D eigenvalue weighted by Gasteiger charge is 2.24. The van der Waals surface area contributed by atoms with Crippen LogP contribution in [0.4, 0.5) is 0 Å². The summed E-state index contributed by atoms with van der Waals surface area (Å²) in [7, 11) is 0. The lowest BCUT2D eigenvalue weighted by molar-refractivity contribution is -0.126. The van der Waals surface area contributed by atoms with Crippen molar-refractivity contribution in [3.63, 3.8) is 0 Å². The van der Waals surface area contributed by atoms with Crippen LogP contribution in [-0.2, 0) is 9.53 Å². The van der Waals surface area contributed by atoms with Crippen LogP contribution in [0, 0.1) is 5.41 Å². The van der Waals surface area contributed by atoms with Gasteiger partial charge >= 0.3 is 0 Å². The van der Waals surface area contributed by atoms with Crippen molar-refractivity contribution in [2.75, 3.05) is 26.3 Å². The molecule has 0 aromatic carbocycles. The monoisotopic (exact) mass is 230 g/mol. The smallest absolute Gasteiger partial charge is 0.246 e. The summed E-state index contributed by atoms with van der Waals surface area (Å²) < 4.78 is 5.17. The van der Waals surface area contributed by atoms with E-state index in [9.17, 15) is 4.79 Å². The lowest BCUT2D eigenvalue weighted by Gasteiger charge is -2.30. The summed E-state index contributed by atoms with van der Waals surface area (Å²) in [5.41, 5.74) is 5.80. The Morgan fingerprint density at radius 3 is 2.38 bits per heavy atom. The summed E-state index contributed by atoms with van der Waals surface area (Å²) in [4.78, 5) is 11.4. The average molecular weight is 230 g/mol. The highest BCUT2D eigenvalue weighted by molar-refractivity contribution is 5.77. The molecule has 0 aromatic heterocycles. The topological polar surface area (TPSA) is 64.3 Å². The van der Waals surface area contributed by atoms with Gasteiger partial charge in [-0.05, 0) is 31.2 Å². The van der Waals surface area contributed by atoms with Gasteiger partial charge in [-0.2, -0.15) is 0 Å². The Bertz CT molecular complexity index is 183. The van der Waals surface area contributed by atoms with Gasteiger partial charge in [-0.1, -0.05) is 20.8 Å². The van der Waals surface area contributed by atoms with E-state index in [4.69, 9.17) is 10.5 Å². The summed E-state index contributed by atoms with van der Waals surface area (Å²) in [6, 6.07) is 0. The first-order chi connectivity index (χ1) is 7.64. The first-order valence-electron chi connectivity index (χ1n) is 6.18. The molecular weight excluding hydrogens is 204 g/mol. The van der Waals surface area contributed by atoms with E-state index in [0.717, 1.165) is 19.3 Å². The Kier molecular flexibility index (Phi) is 8.21. The van der Waals surface area contributed by atoms with Crippen LogP contribution >= 0.6 is 0 Å². The summed E-state index contributed by atoms with van der Waals surface area (Å²) in [6.07, 6.45) is 2.90. The van der Waals surface area contributed by atoms with Gasteiger partial charge in [0.1, 0.15) is 6.61 Å². The molecule has 0 rings (SSSR count). The molecule has 4 heteroatoms. The third-order valence-corrected chi connectivity index (χ3v) is 3.18. The Morgan fingerprint density at radius 2 is 1.94 bits per heavy atom. The predicted molar refractivity (Wildman–Crippen MR) is 66.2 cm³/mol. The number of nitrogens with two attached hydrogens (primary N) is 1. The quantitative estimate of drug-likeness (QED) is 0.587. The molecule has 0 radical (unpaired) electrons. The molecule has 0 aliphatic heterocycles. The zero-order valence-corrected chi connectivity index (χ0v) is 10.8. The number of carbonyl (C=O) groups excluding carboxylic acids is 1. The lowest BCUT2D eigenvalue weighted by Crippen LogP contribution is -2.42. The van der Waals surface area contributed by atoms with Gasteiger partial charge < -0.3 is 15.8 Å². The van der Waals surface area contributed by atoms with Crippen LogP contribution in [0.25, 0.3) is 0 Å². The summed E-state index contributed by atoms with van der Waals surface area (Å²) >= 11 is 0. The molecule has 0 bridgehead atoms. The normalized spacial score (nSPS) is 11.5. The molecule has 16 heavy (non-hydrogen) atoms. The summed E-state index contributed by atoms with van der Waals surface area (Å²) in [5.74, 6) is -0.0480. The van der Waals surface area contributed by atoms with Gasteiger partial charge in [-0.3, -0.25) is 4.79 Å². The van der Waals surface area contributed by atoms with Crippen LogP contribution in [0.1, 0.15) is 40.0 Å². The summed E-state index contributed by atoms with van der Waals surface area (Å²) in [5, 5.41) is 2.89. The van der Waals surface area contributed by atoms with Gasteiger partial charge in [0.15, 0.2) is 0 Å². The average Bonchev–Trinajstić information content (AvgIpc) is 2.32. The Hall–Kier alpha value is -0.610. The minimum absolute atomic E-state index is 0.0421. The highest BCUT2D eigenvalue weighted by atomic mass is 16.5. The Morgan fingerprint density at radius 1 is 1.31 bits per heavy atom. The zero-order valence-electron chi connectivity index (χ0n) is 10.8. The molecule has 96 valence electrons. The molecule has 0 heterocycles. The van der Waals surface area contributed by atoms with Crippen LogP contribution in [-0.4, -0.2) is 32.2 Å². The number of amides is 1. The molecule has 0 saturated carbocycles. The van der Waals surface area contributed by atoms with Gasteiger partial charge in [-0.25, -0.2) is 0 Å². The molecule has 4 nitrogen and oxygen atoms in total. The molecule has 0 fully saturated rings. The van der Waals surface area contributed by atoms with Crippen LogP contribution < -0.4 is 11.1 Å². The molecule has 0 saturated heterocycles. The molecule has 0 spiro atoms. The van der Waals surface area contributed by atoms with Crippen LogP contribution in [0.15, 0.2) is 0 Å². The van der Waals surface area contributed by atoms with Crippen molar-refractivity contribution < 1.29 is 9.53 Å². The minimum atomic E-state index is -0.0480. The van der Waals surface area contributed by atoms with Crippen molar-refractivity contribution in [3.05, 3.63) is 0 Å². The van der Waals surface area contributed by atoms with Crippen molar-refractivity contribution in [2.24, 2.45) is 11.1 Å². The molecule has 3 N–H and O–H groups in total. The van der Waals surface area contributed by atoms with Crippen LogP contribution in [0.2, 0.25) is 0 Å². The second-order valence-corrected chi connectivity index (χ2v) is 4.24. The SMILES string of the molecule is CCCOCC(=O)NCC(CC)(CC)CN. The summed E-state index contributed by atoms with van der Waals surface area (Å²) in [6.45, 7) is 8.28. The molecule has 1 amide bonds. The molecular formula is C12H26N2O2. The second-order valence-electron chi connectivity index (χ2n) is 4.24. The van der Waals surface area contributed by atoms with Crippen molar-refractivity contribution in [2.45, 2.75) is 40.0 Å². The number of carbonyl (C=O) groups is 1. The lowest BCUT2D eigenvalue weighted by atomic mass is 9.82. The molecule has 0 unspecified atom stereocenters. The minimum Gasteiger partial charge on any atom is -0.372 e. The molecule has 0 aliphatic rings. The third kappa shape index (κ3) is 5.47. The standard InChI is InChI=1S/C12H26N2O2/c1-4-7-16-8-11(15)14-10-12(5-2,6-3)9-13/h4-10,13H2,1-3H3,(H,14,15). The number of hydrogen-bond donors (Lipinski definition) is 2. The largest absolute Gasteiger partial charge is 0.372 e. The van der Waals surface area contributed by atoms with Gasteiger partial charge in [0.2, 0.25) is 5.91 Å². The van der Waals surface area contributed by atoms with Crippen molar-refractivity contribution in [3.8, 4) is 0 Å². The first kappa shape index (κ1) is 15.4. The van der Waals surface area contributed by atoms with Gasteiger partial charge in [0.25, 0.3) is 0 Å². The number of hydrogen-bond acceptors (Lipinski definition) is 3. The van der Waals surface area contributed by atoms with Gasteiger partial charge in [0, 0.05) is 13.2 Å². The predicted octanol–water partition coefficient (Wildman–Crippen LogP) is 1.29. The van der Waals surface area contributed by atoms with E-state index in [1.165, 1.54) is 0 Å². The maximum absolute atomic E-state index is 11.4. The number of rotatable bonds is 9. The van der Waals surface area contributed by atoms with E-state index < -0.39 is 0 Å². The van der Waals surface area contributed by atoms with E-state index in [2.05, 4.69) is 19.2 Å². The van der Waals surface area contributed by atoms with Crippen molar-refractivity contribution in [1.82, 2.24) is 5.32 Å². The maximum atomic E-state index is 11.4. The van der Waals surface area contributed by atoms with E-state index >= 15 is 0 Å². The fraction of sp³-hybridized carbons (Fsp3) is 0.917. The van der Waals surface area contributed by atoms with E-state index in [1.54, 1.807) is 0 Å². The maximum Gasteiger partial charge on any atom is 0.246 e. The highest BCUT2D eigenvalue weighted by Crippen LogP contribution is 2.23.